The molecule has 0 aliphatic carbocycles. The summed E-state index contributed by atoms with van der Waals surface area (Å²) in [5.74, 6) is 2.78. The molecule has 1 fully saturated rings. The smallest absolute Gasteiger partial charge is 0.244 e. The van der Waals surface area contributed by atoms with Gasteiger partial charge in [0, 0.05) is 20.2 Å². The standard InChI is InChI=1S/C15H24N6O2/c1-10(2)6-21-14(16-9-17-21)8-20-7-12(22-4)5-13(20)15-18-11(3)19-23-15/h9-10,12-13H,5-8H2,1-4H3/t12-,13-/m1/s1. The predicted octanol–water partition coefficient (Wildman–Crippen LogP) is 1.59. The first-order valence-corrected chi connectivity index (χ1v) is 8.00. The molecule has 8 nitrogen and oxygen atoms in total. The number of ether oxygens (including phenoxy) is 1. The van der Waals surface area contributed by atoms with Crippen LogP contribution in [0.1, 0.15) is 43.8 Å². The molecule has 0 spiro atoms. The lowest BCUT2D eigenvalue weighted by molar-refractivity contribution is 0.106. The molecule has 8 heteroatoms. The zero-order valence-electron chi connectivity index (χ0n) is 14.1. The fourth-order valence-corrected chi connectivity index (χ4v) is 3.00. The van der Waals surface area contributed by atoms with Gasteiger partial charge in [0.1, 0.15) is 12.2 Å². The summed E-state index contributed by atoms with van der Waals surface area (Å²) >= 11 is 0. The fourth-order valence-electron chi connectivity index (χ4n) is 3.00. The Morgan fingerprint density at radius 1 is 1.43 bits per heavy atom. The molecule has 3 heterocycles. The highest BCUT2D eigenvalue weighted by atomic mass is 16.5. The first-order chi connectivity index (χ1) is 11.1. The summed E-state index contributed by atoms with van der Waals surface area (Å²) in [5, 5.41) is 8.25. The van der Waals surface area contributed by atoms with Gasteiger partial charge in [-0.25, -0.2) is 9.67 Å². The van der Waals surface area contributed by atoms with E-state index in [4.69, 9.17) is 9.26 Å². The molecule has 0 unspecified atom stereocenters. The van der Waals surface area contributed by atoms with Crippen LogP contribution in [0.3, 0.4) is 0 Å². The highest BCUT2D eigenvalue weighted by molar-refractivity contribution is 5.00. The molecular weight excluding hydrogens is 296 g/mol. The molecule has 0 amide bonds. The van der Waals surface area contributed by atoms with E-state index in [0.29, 0.717) is 24.2 Å². The summed E-state index contributed by atoms with van der Waals surface area (Å²) in [7, 11) is 1.74. The topological polar surface area (TPSA) is 82.1 Å². The highest BCUT2D eigenvalue weighted by Gasteiger charge is 2.37. The van der Waals surface area contributed by atoms with Crippen LogP contribution in [0.4, 0.5) is 0 Å². The Hall–Kier alpha value is -1.80. The third-order valence-electron chi connectivity index (χ3n) is 4.11. The number of nitrogens with zero attached hydrogens (tertiary/aromatic N) is 6. The van der Waals surface area contributed by atoms with Gasteiger partial charge in [-0.2, -0.15) is 10.1 Å². The zero-order valence-corrected chi connectivity index (χ0v) is 14.1. The molecule has 0 aromatic carbocycles. The Bertz CT molecular complexity index is 637. The van der Waals surface area contributed by atoms with E-state index >= 15 is 0 Å². The van der Waals surface area contributed by atoms with Crippen molar-refractivity contribution >= 4 is 0 Å². The average molecular weight is 320 g/mol. The quantitative estimate of drug-likeness (QED) is 0.799. The molecule has 2 aromatic heterocycles. The van der Waals surface area contributed by atoms with E-state index < -0.39 is 0 Å². The van der Waals surface area contributed by atoms with Crippen LogP contribution in [0.15, 0.2) is 10.9 Å². The summed E-state index contributed by atoms with van der Waals surface area (Å²) in [4.78, 5) is 11.1. The molecule has 0 saturated carbocycles. The Morgan fingerprint density at radius 2 is 2.26 bits per heavy atom. The highest BCUT2D eigenvalue weighted by Crippen LogP contribution is 2.33. The molecule has 2 aromatic rings. The lowest BCUT2D eigenvalue weighted by atomic mass is 10.2. The van der Waals surface area contributed by atoms with Crippen molar-refractivity contribution in [3.05, 3.63) is 23.9 Å². The number of aromatic nitrogens is 5. The van der Waals surface area contributed by atoms with Gasteiger partial charge < -0.3 is 9.26 Å². The molecule has 0 radical (unpaired) electrons. The number of hydrogen-bond acceptors (Lipinski definition) is 7. The van der Waals surface area contributed by atoms with Crippen molar-refractivity contribution in [1.82, 2.24) is 29.8 Å². The summed E-state index contributed by atoms with van der Waals surface area (Å²) in [6.45, 7) is 8.55. The molecule has 1 saturated heterocycles. The van der Waals surface area contributed by atoms with Crippen LogP contribution >= 0.6 is 0 Å². The van der Waals surface area contributed by atoms with Gasteiger partial charge in [0.2, 0.25) is 5.89 Å². The van der Waals surface area contributed by atoms with E-state index in [1.807, 2.05) is 11.6 Å². The number of hydrogen-bond donors (Lipinski definition) is 0. The molecule has 23 heavy (non-hydrogen) atoms. The van der Waals surface area contributed by atoms with Crippen LogP contribution in [0.5, 0.6) is 0 Å². The molecule has 0 N–H and O–H groups in total. The van der Waals surface area contributed by atoms with Gasteiger partial charge in [0.15, 0.2) is 5.82 Å². The fraction of sp³-hybridized carbons (Fsp3) is 0.733. The number of rotatable bonds is 6. The van der Waals surface area contributed by atoms with Crippen molar-refractivity contribution in [2.24, 2.45) is 5.92 Å². The number of likely N-dealkylation sites (tertiary alicyclic amines) is 1. The minimum atomic E-state index is 0.0605. The van der Waals surface area contributed by atoms with Crippen molar-refractivity contribution in [1.29, 1.82) is 0 Å². The largest absolute Gasteiger partial charge is 0.380 e. The molecule has 1 aliphatic heterocycles. The Morgan fingerprint density at radius 3 is 2.91 bits per heavy atom. The second-order valence-corrected chi connectivity index (χ2v) is 6.47. The van der Waals surface area contributed by atoms with Crippen LogP contribution < -0.4 is 0 Å². The van der Waals surface area contributed by atoms with E-state index in [-0.39, 0.29) is 12.1 Å². The van der Waals surface area contributed by atoms with Gasteiger partial charge >= 0.3 is 0 Å². The van der Waals surface area contributed by atoms with E-state index in [0.717, 1.165) is 25.3 Å². The van der Waals surface area contributed by atoms with Gasteiger partial charge in [0.25, 0.3) is 0 Å². The average Bonchev–Trinajstić information content (AvgIpc) is 3.20. The lowest BCUT2D eigenvalue weighted by Gasteiger charge is -2.21. The van der Waals surface area contributed by atoms with Gasteiger partial charge in [-0.3, -0.25) is 4.90 Å². The maximum atomic E-state index is 5.54. The van der Waals surface area contributed by atoms with E-state index in [9.17, 15) is 0 Å². The molecule has 0 bridgehead atoms. The van der Waals surface area contributed by atoms with Crippen LogP contribution in [-0.4, -0.2) is 49.6 Å². The second-order valence-electron chi connectivity index (χ2n) is 6.47. The van der Waals surface area contributed by atoms with Crippen LogP contribution in [0.2, 0.25) is 0 Å². The zero-order chi connectivity index (χ0) is 16.4. The van der Waals surface area contributed by atoms with Gasteiger partial charge in [-0.1, -0.05) is 19.0 Å². The van der Waals surface area contributed by atoms with Crippen LogP contribution in [-0.2, 0) is 17.8 Å². The van der Waals surface area contributed by atoms with Gasteiger partial charge in [-0.05, 0) is 19.3 Å². The Kier molecular flexibility index (Phi) is 4.72. The maximum Gasteiger partial charge on any atom is 0.244 e. The minimum absolute atomic E-state index is 0.0605. The SMILES string of the molecule is CO[C@@H]1C[C@H](c2nc(C)no2)N(Cc2ncnn2CC(C)C)C1. The van der Waals surface area contributed by atoms with Crippen molar-refractivity contribution in [2.45, 2.75) is 52.4 Å². The molecular formula is C15H24N6O2. The van der Waals surface area contributed by atoms with E-state index in [1.54, 1.807) is 13.4 Å². The van der Waals surface area contributed by atoms with Crippen molar-refractivity contribution < 1.29 is 9.26 Å². The van der Waals surface area contributed by atoms with E-state index in [2.05, 4.69) is 39.0 Å². The minimum Gasteiger partial charge on any atom is -0.380 e. The third-order valence-corrected chi connectivity index (χ3v) is 4.11. The summed E-state index contributed by atoms with van der Waals surface area (Å²) in [6.07, 6.45) is 2.62. The van der Waals surface area contributed by atoms with Crippen LogP contribution in [0, 0.1) is 12.8 Å². The summed E-state index contributed by atoms with van der Waals surface area (Å²) in [6, 6.07) is 0.0605. The van der Waals surface area contributed by atoms with Crippen LogP contribution in [0.25, 0.3) is 0 Å². The van der Waals surface area contributed by atoms with Gasteiger partial charge in [0.05, 0.1) is 18.7 Å². The molecule has 1 aliphatic rings. The number of methoxy groups -OCH3 is 1. The Labute approximate surface area is 135 Å². The predicted molar refractivity (Wildman–Crippen MR) is 82.5 cm³/mol. The monoisotopic (exact) mass is 320 g/mol. The molecule has 126 valence electrons. The first-order valence-electron chi connectivity index (χ1n) is 8.00. The lowest BCUT2D eigenvalue weighted by Crippen LogP contribution is -2.27. The molecule has 2 atom stereocenters. The summed E-state index contributed by atoms with van der Waals surface area (Å²) < 4.78 is 12.9. The van der Waals surface area contributed by atoms with Crippen molar-refractivity contribution in [3.63, 3.8) is 0 Å². The first kappa shape index (κ1) is 16.1. The Balaban J connectivity index is 1.78. The summed E-state index contributed by atoms with van der Waals surface area (Å²) in [5.41, 5.74) is 0. The third kappa shape index (κ3) is 3.59. The van der Waals surface area contributed by atoms with Crippen molar-refractivity contribution in [3.8, 4) is 0 Å². The number of aryl methyl sites for hydroxylation is 1. The molecule has 3 rings (SSSR count). The van der Waals surface area contributed by atoms with E-state index in [1.165, 1.54) is 0 Å². The maximum absolute atomic E-state index is 5.54. The second kappa shape index (κ2) is 6.76. The normalized spacial score (nSPS) is 22.3. The van der Waals surface area contributed by atoms with Gasteiger partial charge in [-0.15, -0.1) is 0 Å². The van der Waals surface area contributed by atoms with Crippen molar-refractivity contribution in [2.75, 3.05) is 13.7 Å².